The minimum Gasteiger partial charge on any atom is -0.490 e. The first kappa shape index (κ1) is 25.3. The summed E-state index contributed by atoms with van der Waals surface area (Å²) in [7, 11) is -2.08. The Balaban J connectivity index is 1.49. The number of aromatic nitrogens is 1. The SMILES string of the molecule is COc1ccc(CCCCCC(C)(C)CS(=O)(=O)c2ccc(F)c(OCC3CC3)c2)c(=O)[nH]1. The molecule has 8 heteroatoms. The van der Waals surface area contributed by atoms with Gasteiger partial charge in [0.05, 0.1) is 24.4 Å². The molecule has 1 aromatic heterocycles. The zero-order valence-electron chi connectivity index (χ0n) is 19.7. The van der Waals surface area contributed by atoms with Crippen molar-refractivity contribution in [3.05, 3.63) is 52.1 Å². The number of rotatable bonds is 13. The maximum absolute atomic E-state index is 14.0. The smallest absolute Gasteiger partial charge is 0.253 e. The van der Waals surface area contributed by atoms with Crippen molar-refractivity contribution in [2.45, 2.75) is 63.7 Å². The van der Waals surface area contributed by atoms with Crippen LogP contribution in [0.5, 0.6) is 11.6 Å². The van der Waals surface area contributed by atoms with Crippen molar-refractivity contribution in [1.29, 1.82) is 0 Å². The van der Waals surface area contributed by atoms with Gasteiger partial charge in [-0.2, -0.15) is 0 Å². The highest BCUT2D eigenvalue weighted by Gasteiger charge is 2.28. The standard InChI is InChI=1S/C25H34FNO5S/c1-25(2,14-6-4-5-7-19-10-13-23(31-3)27-24(19)28)17-33(29,30)20-11-12-21(26)22(15-20)32-16-18-8-9-18/h10-13,15,18H,4-9,14,16-17H2,1-3H3,(H,27,28). The monoisotopic (exact) mass is 479 g/mol. The van der Waals surface area contributed by atoms with Crippen LogP contribution >= 0.6 is 0 Å². The van der Waals surface area contributed by atoms with E-state index < -0.39 is 21.1 Å². The molecule has 1 saturated carbocycles. The van der Waals surface area contributed by atoms with Gasteiger partial charge in [-0.1, -0.05) is 26.7 Å². The van der Waals surface area contributed by atoms with Crippen molar-refractivity contribution in [3.8, 4) is 11.6 Å². The van der Waals surface area contributed by atoms with Gasteiger partial charge in [-0.3, -0.25) is 9.78 Å². The molecule has 2 aromatic rings. The molecule has 3 rings (SSSR count). The van der Waals surface area contributed by atoms with Crippen LogP contribution in [-0.2, 0) is 16.3 Å². The summed E-state index contributed by atoms with van der Waals surface area (Å²) >= 11 is 0. The summed E-state index contributed by atoms with van der Waals surface area (Å²) in [6, 6.07) is 7.32. The highest BCUT2D eigenvalue weighted by molar-refractivity contribution is 7.91. The Bertz CT molecular complexity index is 1110. The topological polar surface area (TPSA) is 85.5 Å². The fourth-order valence-corrected chi connectivity index (χ4v) is 5.75. The number of methoxy groups -OCH3 is 1. The summed E-state index contributed by atoms with van der Waals surface area (Å²) < 4.78 is 50.6. The maximum atomic E-state index is 14.0. The minimum absolute atomic E-state index is 0.00861. The lowest BCUT2D eigenvalue weighted by atomic mass is 9.89. The van der Waals surface area contributed by atoms with Gasteiger partial charge in [-0.15, -0.1) is 0 Å². The number of aromatic amines is 1. The van der Waals surface area contributed by atoms with Crippen LogP contribution in [0.25, 0.3) is 0 Å². The first-order valence-electron chi connectivity index (χ1n) is 11.5. The number of ether oxygens (including phenoxy) is 2. The van der Waals surface area contributed by atoms with E-state index in [9.17, 15) is 17.6 Å². The largest absolute Gasteiger partial charge is 0.490 e. The first-order chi connectivity index (χ1) is 15.6. The summed E-state index contributed by atoms with van der Waals surface area (Å²) in [5, 5.41) is 0. The van der Waals surface area contributed by atoms with E-state index in [2.05, 4.69) is 4.98 Å². The quantitative estimate of drug-likeness (QED) is 0.326. The molecule has 33 heavy (non-hydrogen) atoms. The maximum Gasteiger partial charge on any atom is 0.253 e. The zero-order valence-corrected chi connectivity index (χ0v) is 20.5. The molecule has 0 bridgehead atoms. The number of unbranched alkanes of at least 4 members (excludes halogenated alkanes) is 2. The number of sulfone groups is 1. The van der Waals surface area contributed by atoms with Crippen LogP contribution in [0.3, 0.4) is 0 Å². The van der Waals surface area contributed by atoms with Gasteiger partial charge in [-0.25, -0.2) is 12.8 Å². The molecule has 1 aliphatic carbocycles. The first-order valence-corrected chi connectivity index (χ1v) is 13.2. The predicted octanol–water partition coefficient (Wildman–Crippen LogP) is 4.91. The lowest BCUT2D eigenvalue weighted by Crippen LogP contribution is -2.24. The van der Waals surface area contributed by atoms with Crippen LogP contribution in [0.2, 0.25) is 0 Å². The summed E-state index contributed by atoms with van der Waals surface area (Å²) in [6.45, 7) is 4.30. The third-order valence-electron chi connectivity index (χ3n) is 6.00. The van der Waals surface area contributed by atoms with Crippen molar-refractivity contribution in [1.82, 2.24) is 4.98 Å². The number of hydrogen-bond acceptors (Lipinski definition) is 5. The van der Waals surface area contributed by atoms with Crippen molar-refractivity contribution in [3.63, 3.8) is 0 Å². The van der Waals surface area contributed by atoms with Crippen LogP contribution in [0.15, 0.2) is 40.0 Å². The highest BCUT2D eigenvalue weighted by atomic mass is 32.2. The third-order valence-corrected chi connectivity index (χ3v) is 8.13. The molecule has 0 unspecified atom stereocenters. The highest BCUT2D eigenvalue weighted by Crippen LogP contribution is 2.33. The van der Waals surface area contributed by atoms with E-state index in [1.54, 1.807) is 12.1 Å². The third kappa shape index (κ3) is 7.59. The van der Waals surface area contributed by atoms with Gasteiger partial charge in [-0.05, 0) is 67.7 Å². The summed E-state index contributed by atoms with van der Waals surface area (Å²) in [4.78, 5) is 14.8. The van der Waals surface area contributed by atoms with Gasteiger partial charge in [0.2, 0.25) is 0 Å². The summed E-state index contributed by atoms with van der Waals surface area (Å²) in [6.07, 6.45) is 6.14. The average Bonchev–Trinajstić information content (AvgIpc) is 3.57. The van der Waals surface area contributed by atoms with E-state index in [4.69, 9.17) is 9.47 Å². The number of benzene rings is 1. The predicted molar refractivity (Wildman–Crippen MR) is 126 cm³/mol. The second-order valence-corrected chi connectivity index (χ2v) is 11.7. The number of H-pyrrole nitrogens is 1. The van der Waals surface area contributed by atoms with Crippen molar-refractivity contribution < 1.29 is 22.3 Å². The molecule has 0 aliphatic heterocycles. The molecule has 182 valence electrons. The molecule has 6 nitrogen and oxygen atoms in total. The molecular weight excluding hydrogens is 445 g/mol. The second-order valence-electron chi connectivity index (χ2n) is 9.71. The fourth-order valence-electron chi connectivity index (χ4n) is 3.85. The number of pyridine rings is 1. The van der Waals surface area contributed by atoms with Crippen LogP contribution < -0.4 is 15.0 Å². The Labute approximate surface area is 195 Å². The van der Waals surface area contributed by atoms with E-state index in [-0.39, 0.29) is 22.0 Å². The normalized spacial score (nSPS) is 14.3. The summed E-state index contributed by atoms with van der Waals surface area (Å²) in [5.41, 5.74) is 0.147. The number of nitrogens with one attached hydrogen (secondary N) is 1. The average molecular weight is 480 g/mol. The van der Waals surface area contributed by atoms with Crippen LogP contribution in [0, 0.1) is 17.2 Å². The number of aryl methyl sites for hydroxylation is 1. The lowest BCUT2D eigenvalue weighted by Gasteiger charge is -2.24. The van der Waals surface area contributed by atoms with Crippen molar-refractivity contribution in [2.24, 2.45) is 11.3 Å². The Kier molecular flexibility index (Phi) is 8.21. The van der Waals surface area contributed by atoms with E-state index in [0.29, 0.717) is 30.4 Å². The van der Waals surface area contributed by atoms with Gasteiger partial charge >= 0.3 is 0 Å². The lowest BCUT2D eigenvalue weighted by molar-refractivity contribution is 0.284. The zero-order chi connectivity index (χ0) is 24.1. The Hall–Kier alpha value is -2.35. The van der Waals surface area contributed by atoms with Gasteiger partial charge in [0.25, 0.3) is 5.56 Å². The minimum atomic E-state index is -3.58. The van der Waals surface area contributed by atoms with Crippen LogP contribution in [0.4, 0.5) is 4.39 Å². The molecule has 1 N–H and O–H groups in total. The molecule has 1 aliphatic rings. The second kappa shape index (κ2) is 10.7. The fraction of sp³-hybridized carbons (Fsp3) is 0.560. The molecule has 0 amide bonds. The Morgan fingerprint density at radius 3 is 2.55 bits per heavy atom. The van der Waals surface area contributed by atoms with Crippen molar-refractivity contribution in [2.75, 3.05) is 19.5 Å². The van der Waals surface area contributed by atoms with Gasteiger partial charge in [0, 0.05) is 11.6 Å². The molecule has 0 saturated heterocycles. The molecule has 0 radical (unpaired) electrons. The van der Waals surface area contributed by atoms with E-state index in [1.807, 2.05) is 13.8 Å². The van der Waals surface area contributed by atoms with Gasteiger partial charge < -0.3 is 9.47 Å². The van der Waals surface area contributed by atoms with E-state index >= 15 is 0 Å². The summed E-state index contributed by atoms with van der Waals surface area (Å²) in [5.74, 6) is 0.339. The molecular formula is C25H34FNO5S. The molecule has 1 heterocycles. The molecule has 0 atom stereocenters. The van der Waals surface area contributed by atoms with Gasteiger partial charge in [0.15, 0.2) is 27.3 Å². The molecule has 1 aromatic carbocycles. The van der Waals surface area contributed by atoms with Crippen LogP contribution in [0.1, 0.15) is 57.9 Å². The Morgan fingerprint density at radius 2 is 1.88 bits per heavy atom. The molecule has 0 spiro atoms. The van der Waals surface area contributed by atoms with Crippen LogP contribution in [-0.4, -0.2) is 32.9 Å². The van der Waals surface area contributed by atoms with E-state index in [0.717, 1.165) is 38.5 Å². The molecule has 1 fully saturated rings. The number of hydrogen-bond donors (Lipinski definition) is 1. The van der Waals surface area contributed by atoms with Crippen molar-refractivity contribution >= 4 is 9.84 Å². The number of halogens is 1. The van der Waals surface area contributed by atoms with Gasteiger partial charge in [0.1, 0.15) is 0 Å². The Morgan fingerprint density at radius 1 is 1.12 bits per heavy atom. The van der Waals surface area contributed by atoms with E-state index in [1.165, 1.54) is 25.3 Å².